The highest BCUT2D eigenvalue weighted by Gasteiger charge is 2.54. The molecule has 2 aromatic rings. The van der Waals surface area contributed by atoms with E-state index in [2.05, 4.69) is 0 Å². The molecular weight excluding hydrogens is 334 g/mol. The number of benzene rings is 2. The van der Waals surface area contributed by atoms with E-state index in [0.29, 0.717) is 6.07 Å². The first-order chi connectivity index (χ1) is 10.6. The molecule has 124 valence electrons. The molecule has 0 radical (unpaired) electrons. The van der Waals surface area contributed by atoms with Gasteiger partial charge in [-0.3, -0.25) is 0 Å². The second-order valence-corrected chi connectivity index (χ2v) is 6.73. The van der Waals surface area contributed by atoms with E-state index in [9.17, 15) is 26.0 Å². The maximum atomic E-state index is 13.5. The van der Waals surface area contributed by atoms with Crippen LogP contribution in [0.4, 0.5) is 17.6 Å². The summed E-state index contributed by atoms with van der Waals surface area (Å²) in [5.74, 6) is -0.860. The molecule has 0 aliphatic heterocycles. The lowest BCUT2D eigenvalue weighted by molar-refractivity contribution is -0.189. The third kappa shape index (κ3) is 3.53. The van der Waals surface area contributed by atoms with Crippen molar-refractivity contribution in [2.45, 2.75) is 23.5 Å². The van der Waals surface area contributed by atoms with E-state index in [1.165, 1.54) is 30.3 Å². The van der Waals surface area contributed by atoms with E-state index < -0.39 is 32.5 Å². The first kappa shape index (κ1) is 17.4. The van der Waals surface area contributed by atoms with Crippen LogP contribution < -0.4 is 4.72 Å². The van der Waals surface area contributed by atoms with Crippen LogP contribution in [-0.4, -0.2) is 14.6 Å². The lowest BCUT2D eigenvalue weighted by Gasteiger charge is -2.33. The molecule has 8 heteroatoms. The Morgan fingerprint density at radius 3 is 2.09 bits per heavy atom. The van der Waals surface area contributed by atoms with Gasteiger partial charge in [-0.15, -0.1) is 0 Å². The Hall–Kier alpha value is -1.93. The van der Waals surface area contributed by atoms with Gasteiger partial charge in [-0.05, 0) is 30.7 Å². The first-order valence-electron chi connectivity index (χ1n) is 6.48. The Kier molecular flexibility index (Phi) is 4.50. The summed E-state index contributed by atoms with van der Waals surface area (Å²) in [5.41, 5.74) is -3.12. The second kappa shape index (κ2) is 5.93. The molecule has 1 atom stereocenters. The fraction of sp³-hybridized carbons (Fsp3) is 0.200. The van der Waals surface area contributed by atoms with Crippen LogP contribution in [-0.2, 0) is 15.6 Å². The zero-order chi connectivity index (χ0) is 17.3. The molecule has 23 heavy (non-hydrogen) atoms. The standard InChI is InChI=1S/C15H13F4NO2S/c1-14(15(17,18)19,11-6-3-2-4-7-11)20-23(21,22)13-9-5-8-12(16)10-13/h2-10,20H,1H3/t14-/m1/s1. The van der Waals surface area contributed by atoms with Crippen molar-refractivity contribution in [1.29, 1.82) is 0 Å². The molecule has 0 aliphatic carbocycles. The van der Waals surface area contributed by atoms with E-state index in [0.717, 1.165) is 25.1 Å². The maximum Gasteiger partial charge on any atom is 0.411 e. The number of sulfonamides is 1. The lowest BCUT2D eigenvalue weighted by atomic mass is 9.93. The van der Waals surface area contributed by atoms with E-state index in [1.807, 2.05) is 0 Å². The first-order valence-corrected chi connectivity index (χ1v) is 7.96. The molecular formula is C15H13F4NO2S. The van der Waals surface area contributed by atoms with Gasteiger partial charge in [-0.25, -0.2) is 12.8 Å². The quantitative estimate of drug-likeness (QED) is 0.860. The molecule has 2 aromatic carbocycles. The Balaban J connectivity index is 2.51. The van der Waals surface area contributed by atoms with E-state index >= 15 is 0 Å². The van der Waals surface area contributed by atoms with Gasteiger partial charge in [0.25, 0.3) is 0 Å². The van der Waals surface area contributed by atoms with Gasteiger partial charge in [-0.1, -0.05) is 36.4 Å². The largest absolute Gasteiger partial charge is 0.411 e. The smallest absolute Gasteiger partial charge is 0.207 e. The Labute approximate surface area is 131 Å². The van der Waals surface area contributed by atoms with Crippen molar-refractivity contribution >= 4 is 10.0 Å². The molecule has 0 amide bonds. The number of rotatable bonds is 4. The van der Waals surface area contributed by atoms with E-state index in [-0.39, 0.29) is 5.56 Å². The molecule has 0 bridgehead atoms. The van der Waals surface area contributed by atoms with Gasteiger partial charge < -0.3 is 0 Å². The number of hydrogen-bond acceptors (Lipinski definition) is 2. The van der Waals surface area contributed by atoms with Crippen molar-refractivity contribution in [2.75, 3.05) is 0 Å². The molecule has 0 unspecified atom stereocenters. The van der Waals surface area contributed by atoms with Crippen LogP contribution in [0.2, 0.25) is 0 Å². The van der Waals surface area contributed by atoms with Crippen molar-refractivity contribution in [3.05, 3.63) is 66.0 Å². The van der Waals surface area contributed by atoms with E-state index in [1.54, 1.807) is 4.72 Å². The molecule has 0 heterocycles. The van der Waals surface area contributed by atoms with Crippen molar-refractivity contribution in [2.24, 2.45) is 0 Å². The molecule has 0 saturated carbocycles. The zero-order valence-electron chi connectivity index (χ0n) is 11.9. The molecule has 0 saturated heterocycles. The summed E-state index contributed by atoms with van der Waals surface area (Å²) in [7, 11) is -4.58. The highest BCUT2D eigenvalue weighted by Crippen LogP contribution is 2.39. The minimum Gasteiger partial charge on any atom is -0.207 e. The highest BCUT2D eigenvalue weighted by molar-refractivity contribution is 7.89. The van der Waals surface area contributed by atoms with Crippen molar-refractivity contribution in [1.82, 2.24) is 4.72 Å². The van der Waals surface area contributed by atoms with Gasteiger partial charge in [-0.2, -0.15) is 17.9 Å². The lowest BCUT2D eigenvalue weighted by Crippen LogP contribution is -2.53. The molecule has 3 nitrogen and oxygen atoms in total. The molecule has 1 N–H and O–H groups in total. The summed E-state index contributed by atoms with van der Waals surface area (Å²) in [6, 6.07) is 10.4. The van der Waals surface area contributed by atoms with Crippen LogP contribution in [0.5, 0.6) is 0 Å². The van der Waals surface area contributed by atoms with Crippen molar-refractivity contribution < 1.29 is 26.0 Å². The Morgan fingerprint density at radius 1 is 0.957 bits per heavy atom. The van der Waals surface area contributed by atoms with Crippen LogP contribution in [0.1, 0.15) is 12.5 Å². The van der Waals surface area contributed by atoms with Crippen molar-refractivity contribution in [3.63, 3.8) is 0 Å². The fourth-order valence-electron chi connectivity index (χ4n) is 2.01. The number of nitrogens with one attached hydrogen (secondary N) is 1. The summed E-state index contributed by atoms with van der Waals surface area (Å²) >= 11 is 0. The van der Waals surface area contributed by atoms with Crippen LogP contribution >= 0.6 is 0 Å². The minimum atomic E-state index is -4.89. The van der Waals surface area contributed by atoms with Gasteiger partial charge in [0.1, 0.15) is 5.82 Å². The third-order valence-corrected chi connectivity index (χ3v) is 4.91. The summed E-state index contributed by atoms with van der Waals surface area (Å²) in [4.78, 5) is -0.580. The summed E-state index contributed by atoms with van der Waals surface area (Å²) in [6.45, 7) is 0.721. The average Bonchev–Trinajstić information content (AvgIpc) is 2.46. The molecule has 0 aromatic heterocycles. The maximum absolute atomic E-state index is 13.5. The van der Waals surface area contributed by atoms with Gasteiger partial charge >= 0.3 is 6.18 Å². The van der Waals surface area contributed by atoms with Crippen LogP contribution in [0.15, 0.2) is 59.5 Å². The molecule has 0 fully saturated rings. The number of hydrogen-bond donors (Lipinski definition) is 1. The average molecular weight is 347 g/mol. The SMILES string of the molecule is C[C@@](NS(=O)(=O)c1cccc(F)c1)(c1ccccc1)C(F)(F)F. The van der Waals surface area contributed by atoms with Crippen LogP contribution in [0.3, 0.4) is 0 Å². The van der Waals surface area contributed by atoms with Crippen LogP contribution in [0.25, 0.3) is 0 Å². The van der Waals surface area contributed by atoms with Crippen molar-refractivity contribution in [3.8, 4) is 0 Å². The summed E-state index contributed by atoms with van der Waals surface area (Å²) in [6.07, 6.45) is -4.89. The molecule has 2 rings (SSSR count). The zero-order valence-corrected chi connectivity index (χ0v) is 12.7. The number of halogens is 4. The Morgan fingerprint density at radius 2 is 1.57 bits per heavy atom. The predicted octanol–water partition coefficient (Wildman–Crippen LogP) is 3.58. The minimum absolute atomic E-state index is 0.271. The topological polar surface area (TPSA) is 46.2 Å². The second-order valence-electron chi connectivity index (χ2n) is 5.05. The van der Waals surface area contributed by atoms with Gasteiger partial charge in [0.2, 0.25) is 10.0 Å². The van der Waals surface area contributed by atoms with Gasteiger partial charge in [0.15, 0.2) is 5.54 Å². The Bertz CT molecular complexity index is 791. The highest BCUT2D eigenvalue weighted by atomic mass is 32.2. The molecule has 0 spiro atoms. The third-order valence-electron chi connectivity index (χ3n) is 3.36. The predicted molar refractivity (Wildman–Crippen MR) is 76.6 cm³/mol. The summed E-state index contributed by atoms with van der Waals surface area (Å²) < 4.78 is 79.9. The van der Waals surface area contributed by atoms with Gasteiger partial charge in [0.05, 0.1) is 4.90 Å². The van der Waals surface area contributed by atoms with Crippen LogP contribution in [0, 0.1) is 5.82 Å². The van der Waals surface area contributed by atoms with E-state index in [4.69, 9.17) is 0 Å². The number of alkyl halides is 3. The normalized spacial score (nSPS) is 15.2. The summed E-state index contributed by atoms with van der Waals surface area (Å²) in [5, 5.41) is 0. The molecule has 0 aliphatic rings. The fourth-order valence-corrected chi connectivity index (χ4v) is 3.43. The monoisotopic (exact) mass is 347 g/mol. The van der Waals surface area contributed by atoms with Gasteiger partial charge in [0, 0.05) is 0 Å².